The Labute approximate surface area is 243 Å². The van der Waals surface area contributed by atoms with Crippen LogP contribution in [-0.2, 0) is 18.4 Å². The summed E-state index contributed by atoms with van der Waals surface area (Å²) in [4.78, 5) is 23.4. The van der Waals surface area contributed by atoms with Crippen LogP contribution in [0.5, 0.6) is 5.75 Å². The maximum atomic E-state index is 13.6. The Morgan fingerprint density at radius 2 is 1.95 bits per heavy atom. The Bertz CT molecular complexity index is 1440. The topological polar surface area (TPSA) is 115 Å². The van der Waals surface area contributed by atoms with Crippen LogP contribution in [0.1, 0.15) is 26.7 Å². The van der Waals surface area contributed by atoms with Gasteiger partial charge in [0.2, 0.25) is 5.91 Å². The number of aromatic nitrogens is 2. The molecule has 1 fully saturated rings. The van der Waals surface area contributed by atoms with Crippen molar-refractivity contribution in [2.75, 3.05) is 50.3 Å². The molecule has 220 valence electrons. The Morgan fingerprint density at radius 3 is 2.63 bits per heavy atom. The van der Waals surface area contributed by atoms with E-state index in [-0.39, 0.29) is 30.4 Å². The van der Waals surface area contributed by atoms with Crippen LogP contribution in [0.2, 0.25) is 5.02 Å². The highest BCUT2D eigenvalue weighted by molar-refractivity contribution is 7.53. The molecule has 2 aromatic carbocycles. The smallest absolute Gasteiger partial charge is 0.344 e. The number of fused-ring (bicyclic) bond motifs is 1. The first-order chi connectivity index (χ1) is 19.7. The average molecular weight is 606 g/mol. The molecule has 3 aromatic rings. The number of anilines is 3. The van der Waals surface area contributed by atoms with E-state index >= 15 is 0 Å². The number of benzene rings is 2. The molecule has 1 saturated carbocycles. The molecular formula is C28H34ClFN5O5P. The number of hydrogen-bond acceptors (Lipinski definition) is 9. The molecule has 1 aliphatic carbocycles. The van der Waals surface area contributed by atoms with Crippen molar-refractivity contribution < 1.29 is 27.5 Å². The van der Waals surface area contributed by atoms with Crippen LogP contribution >= 0.6 is 19.2 Å². The van der Waals surface area contributed by atoms with Crippen LogP contribution in [0.25, 0.3) is 10.9 Å². The Hall–Kier alpha value is -3.08. The van der Waals surface area contributed by atoms with E-state index < -0.39 is 13.4 Å². The fraction of sp³-hybridized carbons (Fsp3) is 0.393. The molecule has 2 N–H and O–H groups in total. The normalized spacial score (nSPS) is 13.7. The highest BCUT2D eigenvalue weighted by Crippen LogP contribution is 2.48. The number of carbonyl (C=O) groups is 1. The first-order valence-electron chi connectivity index (χ1n) is 13.4. The van der Waals surface area contributed by atoms with Gasteiger partial charge in [0.15, 0.2) is 0 Å². The van der Waals surface area contributed by atoms with E-state index in [9.17, 15) is 13.8 Å². The Balaban J connectivity index is 1.51. The standard InChI is InChI=1S/C28H34ClFN5O5P/c1-4-39-41(37,40-5-2)18-35(3)12-6-7-27(36)34-25-14-21-24(15-26(25)38-16-19-8-9-19)31-17-32-28(21)33-20-10-11-23(30)22(29)13-20/h6-7,10-11,13-15,17,19H,4-5,8-9,12,16,18H2,1-3H3,(H,34,36)(H,31,32,33)/b7-6+. The summed E-state index contributed by atoms with van der Waals surface area (Å²) in [5.74, 6) is 0.548. The zero-order chi connectivity index (χ0) is 29.4. The summed E-state index contributed by atoms with van der Waals surface area (Å²) >= 11 is 5.94. The van der Waals surface area contributed by atoms with E-state index in [1.807, 2.05) is 0 Å². The number of likely N-dealkylation sites (N-methyl/N-ethyl adjacent to an activating group) is 1. The molecule has 1 aromatic heterocycles. The Morgan fingerprint density at radius 1 is 1.20 bits per heavy atom. The third-order valence-electron chi connectivity index (χ3n) is 6.10. The predicted octanol–water partition coefficient (Wildman–Crippen LogP) is 6.60. The van der Waals surface area contributed by atoms with E-state index in [2.05, 4.69) is 20.6 Å². The quantitative estimate of drug-likeness (QED) is 0.146. The second kappa shape index (κ2) is 14.2. The number of ether oxygens (including phenoxy) is 1. The van der Waals surface area contributed by atoms with Crippen molar-refractivity contribution >= 4 is 53.2 Å². The minimum absolute atomic E-state index is 0.0203. The van der Waals surface area contributed by atoms with Crippen LogP contribution in [0.4, 0.5) is 21.6 Å². The first kappa shape index (κ1) is 30.9. The Kier molecular flexibility index (Phi) is 10.7. The van der Waals surface area contributed by atoms with Crippen molar-refractivity contribution in [3.05, 3.63) is 59.7 Å². The molecule has 0 spiro atoms. The molecule has 1 aliphatic rings. The van der Waals surface area contributed by atoms with Crippen LogP contribution in [-0.4, -0.2) is 60.5 Å². The third kappa shape index (κ3) is 8.95. The second-order valence-electron chi connectivity index (χ2n) is 9.61. The van der Waals surface area contributed by atoms with Crippen LogP contribution in [0.3, 0.4) is 0 Å². The summed E-state index contributed by atoms with van der Waals surface area (Å²) in [6, 6.07) is 7.77. The predicted molar refractivity (Wildman–Crippen MR) is 159 cm³/mol. The number of carbonyl (C=O) groups excluding carboxylic acids is 1. The van der Waals surface area contributed by atoms with Gasteiger partial charge in [0, 0.05) is 29.8 Å². The van der Waals surface area contributed by atoms with Crippen LogP contribution < -0.4 is 15.4 Å². The number of nitrogens with one attached hydrogen (secondary N) is 2. The summed E-state index contributed by atoms with van der Waals surface area (Å²) in [5, 5.41) is 6.63. The lowest BCUT2D eigenvalue weighted by Crippen LogP contribution is -2.22. The molecular weight excluding hydrogens is 572 g/mol. The van der Waals surface area contributed by atoms with Crippen LogP contribution in [0, 0.1) is 11.7 Å². The van der Waals surface area contributed by atoms with Gasteiger partial charge in [0.25, 0.3) is 0 Å². The van der Waals surface area contributed by atoms with Gasteiger partial charge in [-0.25, -0.2) is 14.4 Å². The average Bonchev–Trinajstić information content (AvgIpc) is 3.75. The van der Waals surface area contributed by atoms with Gasteiger partial charge >= 0.3 is 7.60 Å². The lowest BCUT2D eigenvalue weighted by molar-refractivity contribution is -0.111. The molecule has 1 amide bonds. The molecule has 10 nitrogen and oxygen atoms in total. The third-order valence-corrected chi connectivity index (χ3v) is 8.52. The number of rotatable bonds is 15. The molecule has 0 aliphatic heterocycles. The maximum Gasteiger partial charge on any atom is 0.344 e. The van der Waals surface area contributed by atoms with Gasteiger partial charge in [-0.3, -0.25) is 14.3 Å². The molecule has 0 radical (unpaired) electrons. The van der Waals surface area contributed by atoms with Gasteiger partial charge in [0.05, 0.1) is 36.0 Å². The number of amides is 1. The molecule has 13 heteroatoms. The zero-order valence-electron chi connectivity index (χ0n) is 23.2. The van der Waals surface area contributed by atoms with Gasteiger partial charge in [-0.1, -0.05) is 17.7 Å². The van der Waals surface area contributed by atoms with Gasteiger partial charge in [0.1, 0.15) is 30.0 Å². The lowest BCUT2D eigenvalue weighted by atomic mass is 10.1. The van der Waals surface area contributed by atoms with Gasteiger partial charge in [-0.05, 0) is 63.9 Å². The highest BCUT2D eigenvalue weighted by atomic mass is 35.5. The summed E-state index contributed by atoms with van der Waals surface area (Å²) < 4.78 is 43.1. The zero-order valence-corrected chi connectivity index (χ0v) is 24.9. The number of hydrogen-bond donors (Lipinski definition) is 2. The highest BCUT2D eigenvalue weighted by Gasteiger charge is 2.25. The van der Waals surface area contributed by atoms with Crippen molar-refractivity contribution in [3.8, 4) is 5.75 Å². The molecule has 4 rings (SSSR count). The largest absolute Gasteiger partial charge is 0.491 e. The summed E-state index contributed by atoms with van der Waals surface area (Å²) in [5.41, 5.74) is 1.60. The van der Waals surface area contributed by atoms with Crippen molar-refractivity contribution in [3.63, 3.8) is 0 Å². The fourth-order valence-electron chi connectivity index (χ4n) is 3.98. The maximum absolute atomic E-state index is 13.6. The van der Waals surface area contributed by atoms with Crippen molar-refractivity contribution in [1.29, 1.82) is 0 Å². The molecule has 41 heavy (non-hydrogen) atoms. The number of halogens is 2. The van der Waals surface area contributed by atoms with Crippen molar-refractivity contribution in [1.82, 2.24) is 14.9 Å². The van der Waals surface area contributed by atoms with Gasteiger partial charge in [-0.15, -0.1) is 0 Å². The molecule has 0 atom stereocenters. The molecule has 1 heterocycles. The minimum atomic E-state index is -3.24. The van der Waals surface area contributed by atoms with E-state index in [0.717, 1.165) is 12.8 Å². The minimum Gasteiger partial charge on any atom is -0.491 e. The molecule has 0 unspecified atom stereocenters. The first-order valence-corrected chi connectivity index (χ1v) is 15.5. The van der Waals surface area contributed by atoms with Crippen molar-refractivity contribution in [2.45, 2.75) is 26.7 Å². The molecule has 0 saturated heterocycles. The fourth-order valence-corrected chi connectivity index (χ4v) is 5.90. The SMILES string of the molecule is CCOP(=O)(CN(C)C/C=C/C(=O)Nc1cc2c(Nc3ccc(F)c(Cl)c3)ncnc2cc1OCC1CC1)OCC. The van der Waals surface area contributed by atoms with E-state index in [1.165, 1.54) is 24.5 Å². The summed E-state index contributed by atoms with van der Waals surface area (Å²) in [7, 11) is -1.47. The number of nitrogens with zero attached hydrogens (tertiary/aromatic N) is 3. The lowest BCUT2D eigenvalue weighted by Gasteiger charge is -2.22. The second-order valence-corrected chi connectivity index (χ2v) is 12.0. The van der Waals surface area contributed by atoms with E-state index in [4.69, 9.17) is 25.4 Å². The summed E-state index contributed by atoms with van der Waals surface area (Å²) in [6.07, 6.45) is 6.80. The van der Waals surface area contributed by atoms with E-state index in [1.54, 1.807) is 50.1 Å². The van der Waals surface area contributed by atoms with Gasteiger partial charge < -0.3 is 24.4 Å². The molecule has 0 bridgehead atoms. The van der Waals surface area contributed by atoms with Crippen LogP contribution in [0.15, 0.2) is 48.8 Å². The monoisotopic (exact) mass is 605 g/mol. The van der Waals surface area contributed by atoms with Gasteiger partial charge in [-0.2, -0.15) is 0 Å². The summed E-state index contributed by atoms with van der Waals surface area (Å²) in [6.45, 7) is 4.96. The van der Waals surface area contributed by atoms with E-state index in [0.29, 0.717) is 52.9 Å². The van der Waals surface area contributed by atoms with Crippen molar-refractivity contribution in [2.24, 2.45) is 5.92 Å².